The van der Waals surface area contributed by atoms with Crippen LogP contribution in [0, 0.1) is 11.6 Å². The fourth-order valence-corrected chi connectivity index (χ4v) is 1.87. The second-order valence-electron chi connectivity index (χ2n) is 3.61. The summed E-state index contributed by atoms with van der Waals surface area (Å²) in [6.45, 7) is 2.00. The van der Waals surface area contributed by atoms with Crippen molar-refractivity contribution in [2.75, 3.05) is 7.11 Å². The van der Waals surface area contributed by atoms with Crippen molar-refractivity contribution in [3.8, 4) is 5.75 Å². The minimum atomic E-state index is -0.645. The second kappa shape index (κ2) is 6.04. The first kappa shape index (κ1) is 13.2. The van der Waals surface area contributed by atoms with Crippen LogP contribution in [0.3, 0.4) is 0 Å². The lowest BCUT2D eigenvalue weighted by Crippen LogP contribution is -2.00. The third kappa shape index (κ3) is 3.08. The van der Waals surface area contributed by atoms with Gasteiger partial charge in [0.15, 0.2) is 0 Å². The molecule has 1 atom stereocenters. The van der Waals surface area contributed by atoms with E-state index in [1.54, 1.807) is 0 Å². The van der Waals surface area contributed by atoms with Gasteiger partial charge in [-0.25, -0.2) is 8.78 Å². The van der Waals surface area contributed by atoms with Crippen LogP contribution < -0.4 is 4.74 Å². The summed E-state index contributed by atoms with van der Waals surface area (Å²) in [5.41, 5.74) is -0.0593. The van der Waals surface area contributed by atoms with Crippen molar-refractivity contribution in [3.05, 3.63) is 29.3 Å². The zero-order chi connectivity index (χ0) is 12.1. The Balaban J connectivity index is 2.95. The average molecular weight is 249 g/mol. The van der Waals surface area contributed by atoms with Crippen molar-refractivity contribution in [1.29, 1.82) is 0 Å². The molecule has 1 aromatic rings. The zero-order valence-corrected chi connectivity index (χ0v) is 10.2. The van der Waals surface area contributed by atoms with Crippen LogP contribution in [0.25, 0.3) is 0 Å². The van der Waals surface area contributed by atoms with Gasteiger partial charge in [0.05, 0.1) is 12.5 Å². The molecule has 1 unspecified atom stereocenters. The molecule has 4 heteroatoms. The lowest BCUT2D eigenvalue weighted by Gasteiger charge is -2.12. The van der Waals surface area contributed by atoms with Crippen molar-refractivity contribution in [2.45, 2.75) is 31.6 Å². The number of benzene rings is 1. The highest BCUT2D eigenvalue weighted by molar-refractivity contribution is 6.20. The van der Waals surface area contributed by atoms with Crippen molar-refractivity contribution >= 4 is 11.6 Å². The number of ether oxygens (including phenoxy) is 1. The van der Waals surface area contributed by atoms with Crippen LogP contribution in [0.1, 0.15) is 37.1 Å². The fraction of sp³-hybridized carbons (Fsp3) is 0.500. The van der Waals surface area contributed by atoms with Gasteiger partial charge >= 0.3 is 0 Å². The summed E-state index contributed by atoms with van der Waals surface area (Å²) in [6.07, 6.45) is 2.36. The molecular weight excluding hydrogens is 234 g/mol. The van der Waals surface area contributed by atoms with Crippen LogP contribution in [0.5, 0.6) is 5.75 Å². The quantitative estimate of drug-likeness (QED) is 0.700. The Morgan fingerprint density at radius 2 is 1.88 bits per heavy atom. The van der Waals surface area contributed by atoms with Gasteiger partial charge in [-0.3, -0.25) is 0 Å². The molecule has 0 aliphatic carbocycles. The maximum Gasteiger partial charge on any atom is 0.134 e. The van der Waals surface area contributed by atoms with Crippen LogP contribution in [0.4, 0.5) is 8.78 Å². The smallest absolute Gasteiger partial charge is 0.134 e. The first-order chi connectivity index (χ1) is 7.60. The monoisotopic (exact) mass is 248 g/mol. The Kier molecular flexibility index (Phi) is 5.00. The molecule has 90 valence electrons. The van der Waals surface area contributed by atoms with Crippen LogP contribution in [-0.2, 0) is 0 Å². The Labute approximate surface area is 99.4 Å². The molecule has 0 saturated heterocycles. The third-order valence-corrected chi connectivity index (χ3v) is 2.85. The first-order valence-electron chi connectivity index (χ1n) is 5.27. The van der Waals surface area contributed by atoms with Crippen molar-refractivity contribution in [2.24, 2.45) is 0 Å². The van der Waals surface area contributed by atoms with Crippen LogP contribution in [-0.4, -0.2) is 7.11 Å². The van der Waals surface area contributed by atoms with Crippen LogP contribution in [0.2, 0.25) is 0 Å². The largest absolute Gasteiger partial charge is 0.497 e. The molecule has 0 aliphatic heterocycles. The van der Waals surface area contributed by atoms with E-state index in [1.165, 1.54) is 7.11 Å². The number of methoxy groups -OCH3 is 1. The molecule has 1 rings (SSSR count). The highest BCUT2D eigenvalue weighted by Crippen LogP contribution is 2.32. The van der Waals surface area contributed by atoms with E-state index in [1.807, 2.05) is 6.92 Å². The molecule has 0 N–H and O–H groups in total. The molecule has 0 bridgehead atoms. The van der Waals surface area contributed by atoms with Crippen LogP contribution in [0.15, 0.2) is 12.1 Å². The predicted octanol–water partition coefficient (Wildman–Crippen LogP) is 4.44. The number of alkyl halides is 1. The molecule has 1 nitrogen and oxygen atoms in total. The molecule has 0 radical (unpaired) electrons. The number of hydrogen-bond acceptors (Lipinski definition) is 1. The number of rotatable bonds is 5. The van der Waals surface area contributed by atoms with E-state index in [4.69, 9.17) is 16.3 Å². The van der Waals surface area contributed by atoms with E-state index in [0.717, 1.165) is 25.0 Å². The summed E-state index contributed by atoms with van der Waals surface area (Å²) in [5.74, 6) is -1.13. The Hall–Kier alpha value is -0.830. The molecule has 0 aromatic heterocycles. The molecule has 1 aromatic carbocycles. The molecular formula is C12H15ClF2O. The summed E-state index contributed by atoms with van der Waals surface area (Å²) >= 11 is 5.97. The fourth-order valence-electron chi connectivity index (χ4n) is 1.51. The summed E-state index contributed by atoms with van der Waals surface area (Å²) < 4.78 is 31.9. The van der Waals surface area contributed by atoms with Crippen molar-refractivity contribution < 1.29 is 13.5 Å². The topological polar surface area (TPSA) is 9.23 Å². The van der Waals surface area contributed by atoms with E-state index < -0.39 is 17.0 Å². The van der Waals surface area contributed by atoms with Crippen molar-refractivity contribution in [3.63, 3.8) is 0 Å². The van der Waals surface area contributed by atoms with Gasteiger partial charge in [-0.05, 0) is 6.42 Å². The summed E-state index contributed by atoms with van der Waals surface area (Å²) in [4.78, 5) is 0. The summed E-state index contributed by atoms with van der Waals surface area (Å²) in [7, 11) is 1.36. The molecule has 0 amide bonds. The van der Waals surface area contributed by atoms with Gasteiger partial charge in [-0.1, -0.05) is 19.8 Å². The van der Waals surface area contributed by atoms with Gasteiger partial charge in [0, 0.05) is 17.7 Å². The molecule has 0 heterocycles. The Morgan fingerprint density at radius 3 is 2.31 bits per heavy atom. The second-order valence-corrected chi connectivity index (χ2v) is 4.14. The SMILES string of the molecule is CCCCC(Cl)c1c(F)cc(OC)cc1F. The minimum absolute atomic E-state index is 0.0593. The zero-order valence-electron chi connectivity index (χ0n) is 9.40. The van der Waals surface area contributed by atoms with Gasteiger partial charge in [0.2, 0.25) is 0 Å². The highest BCUT2D eigenvalue weighted by Gasteiger charge is 2.19. The van der Waals surface area contributed by atoms with E-state index in [2.05, 4.69) is 0 Å². The lowest BCUT2D eigenvalue weighted by atomic mass is 10.1. The third-order valence-electron chi connectivity index (χ3n) is 2.41. The number of unbranched alkanes of at least 4 members (excludes halogenated alkanes) is 1. The molecule has 0 fully saturated rings. The standard InChI is InChI=1S/C12H15ClF2O/c1-3-4-5-9(13)12-10(14)6-8(16-2)7-11(12)15/h6-7,9H,3-5H2,1-2H3. The van der Waals surface area contributed by atoms with Gasteiger partial charge in [-0.15, -0.1) is 11.6 Å². The molecule has 0 aliphatic rings. The van der Waals surface area contributed by atoms with Gasteiger partial charge < -0.3 is 4.74 Å². The van der Waals surface area contributed by atoms with E-state index in [9.17, 15) is 8.78 Å². The van der Waals surface area contributed by atoms with Gasteiger partial charge in [0.1, 0.15) is 17.4 Å². The maximum absolute atomic E-state index is 13.6. The number of halogens is 3. The predicted molar refractivity (Wildman–Crippen MR) is 61.0 cm³/mol. The number of hydrogen-bond donors (Lipinski definition) is 0. The average Bonchev–Trinajstić information content (AvgIpc) is 2.25. The first-order valence-corrected chi connectivity index (χ1v) is 5.70. The maximum atomic E-state index is 13.6. The van der Waals surface area contributed by atoms with Crippen LogP contribution >= 0.6 is 11.6 Å². The van der Waals surface area contributed by atoms with Gasteiger partial charge in [-0.2, -0.15) is 0 Å². The van der Waals surface area contributed by atoms with Gasteiger partial charge in [0.25, 0.3) is 0 Å². The van der Waals surface area contributed by atoms with E-state index >= 15 is 0 Å². The Morgan fingerprint density at radius 1 is 1.31 bits per heavy atom. The van der Waals surface area contributed by atoms with E-state index in [0.29, 0.717) is 6.42 Å². The molecule has 16 heavy (non-hydrogen) atoms. The highest BCUT2D eigenvalue weighted by atomic mass is 35.5. The normalized spacial score (nSPS) is 12.6. The lowest BCUT2D eigenvalue weighted by molar-refractivity contribution is 0.404. The molecule has 0 saturated carbocycles. The Bertz CT molecular complexity index is 332. The molecule has 0 spiro atoms. The minimum Gasteiger partial charge on any atom is -0.497 e. The van der Waals surface area contributed by atoms with E-state index in [-0.39, 0.29) is 11.3 Å². The summed E-state index contributed by atoms with van der Waals surface area (Å²) in [5, 5.41) is -0.620. The summed E-state index contributed by atoms with van der Waals surface area (Å²) in [6, 6.07) is 2.31. The van der Waals surface area contributed by atoms with Crippen molar-refractivity contribution in [1.82, 2.24) is 0 Å².